The molecule has 0 heterocycles. The number of halogens is 1. The van der Waals surface area contributed by atoms with Crippen LogP contribution in [-0.2, 0) is 4.74 Å². The van der Waals surface area contributed by atoms with Crippen LogP contribution in [0.5, 0.6) is 0 Å². The fourth-order valence-corrected chi connectivity index (χ4v) is 9.60. The molecule has 0 aliphatic carbocycles. The van der Waals surface area contributed by atoms with Gasteiger partial charge < -0.3 is 4.74 Å². The van der Waals surface area contributed by atoms with E-state index in [1.165, 1.54) is 4.90 Å². The number of anilines is 1. The van der Waals surface area contributed by atoms with Crippen molar-refractivity contribution in [2.45, 2.75) is 84.5 Å². The maximum atomic E-state index is 12.4. The Labute approximate surface area is 181 Å². The van der Waals surface area contributed by atoms with Crippen molar-refractivity contribution in [1.29, 1.82) is 0 Å². The van der Waals surface area contributed by atoms with Gasteiger partial charge in [-0.2, -0.15) is 0 Å². The molecule has 1 aromatic carbocycles. The second-order valence-electron chi connectivity index (χ2n) is 9.38. The van der Waals surface area contributed by atoms with Crippen LogP contribution in [0.2, 0.25) is 16.6 Å². The molecule has 0 atom stereocenters. The van der Waals surface area contributed by atoms with Gasteiger partial charge in [-0.05, 0) is 55.6 Å². The Kier molecular flexibility index (Phi) is 8.41. The Morgan fingerprint density at radius 1 is 1.04 bits per heavy atom. The maximum Gasteiger partial charge on any atom is 0.414 e. The molecule has 0 saturated carbocycles. The van der Waals surface area contributed by atoms with E-state index in [1.807, 2.05) is 39.0 Å². The zero-order chi connectivity index (χ0) is 21.9. The Morgan fingerprint density at radius 2 is 1.54 bits per heavy atom. The first kappa shape index (κ1) is 24.8. The third kappa shape index (κ3) is 6.12. The summed E-state index contributed by atoms with van der Waals surface area (Å²) >= 11 is 3.56. The summed E-state index contributed by atoms with van der Waals surface area (Å²) in [6, 6.07) is 5.88. The molecular weight excluding hydrogens is 430 g/mol. The van der Waals surface area contributed by atoms with Crippen molar-refractivity contribution in [3.8, 4) is 11.5 Å². The highest BCUT2D eigenvalue weighted by atomic mass is 79.9. The molecule has 0 aliphatic rings. The molecule has 156 valence electrons. The topological polar surface area (TPSA) is 29.5 Å². The van der Waals surface area contributed by atoms with Crippen LogP contribution in [0.15, 0.2) is 22.7 Å². The van der Waals surface area contributed by atoms with Gasteiger partial charge in [0, 0.05) is 22.8 Å². The third-order valence-corrected chi connectivity index (χ3v) is 12.0. The van der Waals surface area contributed by atoms with E-state index < -0.39 is 13.7 Å². The summed E-state index contributed by atoms with van der Waals surface area (Å²) in [6.45, 7) is 19.5. The van der Waals surface area contributed by atoms with E-state index in [4.69, 9.17) is 4.74 Å². The van der Waals surface area contributed by atoms with Crippen molar-refractivity contribution >= 4 is 35.8 Å². The largest absolute Gasteiger partial charge is 0.443 e. The first-order chi connectivity index (χ1) is 12.7. The lowest BCUT2D eigenvalue weighted by Gasteiger charge is -2.38. The monoisotopic (exact) mass is 465 g/mol. The van der Waals surface area contributed by atoms with Gasteiger partial charge in [0.2, 0.25) is 0 Å². The van der Waals surface area contributed by atoms with Crippen LogP contribution in [-0.4, -0.2) is 26.8 Å². The molecule has 1 amide bonds. The number of ether oxygens (including phenoxy) is 1. The fourth-order valence-electron chi connectivity index (χ4n) is 3.89. The molecule has 0 aliphatic heterocycles. The lowest BCUT2D eigenvalue weighted by molar-refractivity contribution is 0.0589. The van der Waals surface area contributed by atoms with Crippen LogP contribution in [0.25, 0.3) is 0 Å². The van der Waals surface area contributed by atoms with Gasteiger partial charge in [-0.25, -0.2) is 4.79 Å². The second kappa shape index (κ2) is 9.50. The summed E-state index contributed by atoms with van der Waals surface area (Å²) in [4.78, 5) is 14.0. The van der Waals surface area contributed by atoms with Crippen molar-refractivity contribution in [2.24, 2.45) is 0 Å². The van der Waals surface area contributed by atoms with E-state index in [-0.39, 0.29) is 6.09 Å². The second-order valence-corrected chi connectivity index (χ2v) is 15.9. The Bertz CT molecular complexity index is 732. The average Bonchev–Trinajstić information content (AvgIpc) is 2.51. The summed E-state index contributed by atoms with van der Waals surface area (Å²) in [5.41, 5.74) is 6.63. The van der Waals surface area contributed by atoms with Crippen molar-refractivity contribution in [3.63, 3.8) is 0 Å². The zero-order valence-electron chi connectivity index (χ0n) is 19.1. The van der Waals surface area contributed by atoms with Gasteiger partial charge in [-0.3, -0.25) is 4.90 Å². The molecule has 0 spiro atoms. The molecule has 28 heavy (non-hydrogen) atoms. The number of benzene rings is 1. The number of hydrogen-bond donors (Lipinski definition) is 0. The SMILES string of the molecule is CC(C)[Si](C#Cc1cc(Br)cc(N(C)C(=O)OC(C)(C)C)c1)(C(C)C)C(C)C. The number of carbonyl (C=O) groups is 1. The lowest BCUT2D eigenvalue weighted by atomic mass is 10.2. The smallest absolute Gasteiger partial charge is 0.414 e. The van der Waals surface area contributed by atoms with Gasteiger partial charge in [0.05, 0.1) is 0 Å². The van der Waals surface area contributed by atoms with E-state index in [1.54, 1.807) is 7.05 Å². The molecule has 0 saturated heterocycles. The Balaban J connectivity index is 3.33. The van der Waals surface area contributed by atoms with E-state index in [2.05, 4.69) is 68.9 Å². The van der Waals surface area contributed by atoms with Gasteiger partial charge in [0.15, 0.2) is 0 Å². The first-order valence-electron chi connectivity index (χ1n) is 10.0. The molecule has 0 N–H and O–H groups in total. The Hall–Kier alpha value is -1.25. The van der Waals surface area contributed by atoms with Crippen molar-refractivity contribution in [2.75, 3.05) is 11.9 Å². The van der Waals surface area contributed by atoms with E-state index >= 15 is 0 Å². The van der Waals surface area contributed by atoms with Crippen LogP contribution in [0.1, 0.15) is 67.9 Å². The summed E-state index contributed by atoms with van der Waals surface area (Å²) in [7, 11) is -0.0829. The van der Waals surface area contributed by atoms with Gasteiger partial charge in [-0.1, -0.05) is 63.4 Å². The molecule has 0 fully saturated rings. The minimum absolute atomic E-state index is 0.375. The van der Waals surface area contributed by atoms with Gasteiger partial charge in [-0.15, -0.1) is 5.54 Å². The maximum absolute atomic E-state index is 12.4. The van der Waals surface area contributed by atoms with Crippen LogP contribution in [0, 0.1) is 11.5 Å². The quantitative estimate of drug-likeness (QED) is 0.342. The van der Waals surface area contributed by atoms with Crippen LogP contribution >= 0.6 is 15.9 Å². The summed E-state index contributed by atoms with van der Waals surface area (Å²) in [5.74, 6) is 3.46. The van der Waals surface area contributed by atoms with Crippen LogP contribution < -0.4 is 4.90 Å². The lowest BCUT2D eigenvalue weighted by Crippen LogP contribution is -2.43. The number of nitrogens with zero attached hydrogens (tertiary/aromatic N) is 1. The highest BCUT2D eigenvalue weighted by Crippen LogP contribution is 2.40. The predicted molar refractivity (Wildman–Crippen MR) is 127 cm³/mol. The predicted octanol–water partition coefficient (Wildman–Crippen LogP) is 7.39. The number of amides is 1. The summed E-state index contributed by atoms with van der Waals surface area (Å²) in [6.07, 6.45) is -0.375. The molecular formula is C23H36BrNO2Si. The van der Waals surface area contributed by atoms with Crippen molar-refractivity contribution in [1.82, 2.24) is 0 Å². The van der Waals surface area contributed by atoms with Crippen LogP contribution in [0.4, 0.5) is 10.5 Å². The van der Waals surface area contributed by atoms with Crippen LogP contribution in [0.3, 0.4) is 0 Å². The van der Waals surface area contributed by atoms with Gasteiger partial charge >= 0.3 is 6.09 Å². The first-order valence-corrected chi connectivity index (χ1v) is 13.0. The zero-order valence-corrected chi connectivity index (χ0v) is 21.7. The normalized spacial score (nSPS) is 12.2. The summed E-state index contributed by atoms with van der Waals surface area (Å²) in [5, 5.41) is 0. The van der Waals surface area contributed by atoms with Crippen molar-refractivity contribution in [3.05, 3.63) is 28.2 Å². The van der Waals surface area contributed by atoms with Gasteiger partial charge in [0.25, 0.3) is 0 Å². The summed E-state index contributed by atoms with van der Waals surface area (Å²) < 4.78 is 6.38. The Morgan fingerprint density at radius 3 is 1.96 bits per heavy atom. The molecule has 0 aromatic heterocycles. The molecule has 1 rings (SSSR count). The fraction of sp³-hybridized carbons (Fsp3) is 0.609. The van der Waals surface area contributed by atoms with E-state index in [0.29, 0.717) is 16.6 Å². The van der Waals surface area contributed by atoms with Gasteiger partial charge in [0.1, 0.15) is 13.7 Å². The number of rotatable bonds is 4. The van der Waals surface area contributed by atoms with E-state index in [9.17, 15) is 4.79 Å². The molecule has 0 bridgehead atoms. The minimum Gasteiger partial charge on any atom is -0.443 e. The average molecular weight is 467 g/mol. The standard InChI is InChI=1S/C23H36BrNO2Si/c1-16(2)28(17(3)4,18(5)6)12-11-19-13-20(24)15-21(14-19)25(10)22(26)27-23(7,8)9/h13-18H,1-10H3. The number of carbonyl (C=O) groups excluding carboxylic acids is 1. The molecule has 5 heteroatoms. The molecule has 3 nitrogen and oxygen atoms in total. The van der Waals surface area contributed by atoms with Crippen molar-refractivity contribution < 1.29 is 9.53 Å². The molecule has 0 unspecified atom stereocenters. The minimum atomic E-state index is -1.81. The molecule has 0 radical (unpaired) electrons. The highest BCUT2D eigenvalue weighted by Gasteiger charge is 2.41. The third-order valence-electron chi connectivity index (χ3n) is 5.23. The highest BCUT2D eigenvalue weighted by molar-refractivity contribution is 9.10. The molecule has 1 aromatic rings. The van der Waals surface area contributed by atoms with E-state index in [0.717, 1.165) is 15.7 Å². The number of hydrogen-bond acceptors (Lipinski definition) is 2.